The van der Waals surface area contributed by atoms with Crippen LogP contribution in [-0.2, 0) is 6.54 Å². The fourth-order valence-electron chi connectivity index (χ4n) is 2.94. The average Bonchev–Trinajstić information content (AvgIpc) is 2.65. The first-order chi connectivity index (χ1) is 8.47. The lowest BCUT2D eigenvalue weighted by Crippen LogP contribution is -2.34. The average molecular weight is 247 g/mol. The van der Waals surface area contributed by atoms with Crippen LogP contribution in [0.3, 0.4) is 0 Å². The van der Waals surface area contributed by atoms with E-state index in [2.05, 4.69) is 49.9 Å². The van der Waals surface area contributed by atoms with E-state index < -0.39 is 0 Å². The van der Waals surface area contributed by atoms with Crippen LogP contribution in [0.25, 0.3) is 0 Å². The molecule has 2 N–H and O–H groups in total. The number of benzene rings is 1. The smallest absolute Gasteiger partial charge is 0.0343 e. The zero-order chi connectivity index (χ0) is 13.3. The number of nitrogen functional groups attached to an aromatic ring is 1. The highest BCUT2D eigenvalue weighted by Crippen LogP contribution is 2.22. The lowest BCUT2D eigenvalue weighted by molar-refractivity contribution is 0.250. The predicted molar refractivity (Wildman–Crippen MR) is 77.5 cm³/mol. The Morgan fingerprint density at radius 1 is 1.33 bits per heavy atom. The third kappa shape index (κ3) is 2.85. The summed E-state index contributed by atoms with van der Waals surface area (Å²) in [6.07, 6.45) is 0. The van der Waals surface area contributed by atoms with E-state index >= 15 is 0 Å². The Morgan fingerprint density at radius 3 is 2.61 bits per heavy atom. The number of nitrogens with zero attached hydrogens (tertiary/aromatic N) is 2. The SMILES string of the molecule is Cc1cc(CN2CC(C)C(N(C)C)C2)ccc1N. The van der Waals surface area contributed by atoms with Crippen LogP contribution in [0.2, 0.25) is 0 Å². The number of rotatable bonds is 3. The quantitative estimate of drug-likeness (QED) is 0.829. The molecule has 0 spiro atoms. The molecule has 2 unspecified atom stereocenters. The Bertz CT molecular complexity index is 414. The number of hydrogen-bond acceptors (Lipinski definition) is 3. The molecular weight excluding hydrogens is 222 g/mol. The normalized spacial score (nSPS) is 24.9. The van der Waals surface area contributed by atoms with Gasteiger partial charge in [-0.05, 0) is 44.1 Å². The van der Waals surface area contributed by atoms with Gasteiger partial charge in [-0.15, -0.1) is 0 Å². The summed E-state index contributed by atoms with van der Waals surface area (Å²) in [5.74, 6) is 0.745. The second-order valence-electron chi connectivity index (χ2n) is 5.89. The number of nitrogens with two attached hydrogens (primary N) is 1. The molecule has 0 bridgehead atoms. The van der Waals surface area contributed by atoms with Crippen molar-refractivity contribution in [2.75, 3.05) is 32.9 Å². The van der Waals surface area contributed by atoms with E-state index in [1.807, 2.05) is 6.07 Å². The van der Waals surface area contributed by atoms with Crippen LogP contribution in [0.4, 0.5) is 5.69 Å². The molecule has 3 heteroatoms. The van der Waals surface area contributed by atoms with Gasteiger partial charge in [0.1, 0.15) is 0 Å². The fourth-order valence-corrected chi connectivity index (χ4v) is 2.94. The highest BCUT2D eigenvalue weighted by atomic mass is 15.2. The highest BCUT2D eigenvalue weighted by molar-refractivity contribution is 5.47. The molecule has 0 radical (unpaired) electrons. The molecule has 1 aliphatic rings. The summed E-state index contributed by atoms with van der Waals surface area (Å²) in [6.45, 7) is 7.81. The van der Waals surface area contributed by atoms with E-state index in [0.717, 1.165) is 24.7 Å². The predicted octanol–water partition coefficient (Wildman–Crippen LogP) is 1.96. The van der Waals surface area contributed by atoms with Gasteiger partial charge in [0.2, 0.25) is 0 Å². The third-order valence-corrected chi connectivity index (χ3v) is 4.05. The van der Waals surface area contributed by atoms with Gasteiger partial charge < -0.3 is 10.6 Å². The lowest BCUT2D eigenvalue weighted by Gasteiger charge is -2.22. The first-order valence-corrected chi connectivity index (χ1v) is 6.71. The molecule has 3 nitrogen and oxygen atoms in total. The molecule has 2 rings (SSSR count). The number of aryl methyl sites for hydroxylation is 1. The minimum atomic E-state index is 0.680. The topological polar surface area (TPSA) is 32.5 Å². The zero-order valence-electron chi connectivity index (χ0n) is 12.0. The van der Waals surface area contributed by atoms with E-state index in [4.69, 9.17) is 5.73 Å². The standard InChI is InChI=1S/C15H25N3/c1-11-7-13(5-6-14(11)16)9-18-8-12(2)15(10-18)17(3)4/h5-7,12,15H,8-10,16H2,1-4H3. The number of likely N-dealkylation sites (N-methyl/N-ethyl adjacent to an activating group) is 1. The molecule has 1 aliphatic heterocycles. The highest BCUT2D eigenvalue weighted by Gasteiger charge is 2.30. The third-order valence-electron chi connectivity index (χ3n) is 4.05. The van der Waals surface area contributed by atoms with Crippen LogP contribution in [0.1, 0.15) is 18.1 Å². The van der Waals surface area contributed by atoms with Crippen molar-refractivity contribution in [1.29, 1.82) is 0 Å². The maximum Gasteiger partial charge on any atom is 0.0343 e. The molecule has 1 heterocycles. The Labute approximate surface area is 111 Å². The van der Waals surface area contributed by atoms with E-state index in [-0.39, 0.29) is 0 Å². The van der Waals surface area contributed by atoms with Crippen molar-refractivity contribution in [2.45, 2.75) is 26.4 Å². The van der Waals surface area contributed by atoms with Gasteiger partial charge in [-0.25, -0.2) is 0 Å². The lowest BCUT2D eigenvalue weighted by atomic mass is 10.1. The molecule has 0 amide bonds. The Morgan fingerprint density at radius 2 is 2.06 bits per heavy atom. The van der Waals surface area contributed by atoms with E-state index in [1.54, 1.807) is 0 Å². The van der Waals surface area contributed by atoms with Crippen molar-refractivity contribution in [1.82, 2.24) is 9.80 Å². The summed E-state index contributed by atoms with van der Waals surface area (Å²) >= 11 is 0. The second-order valence-corrected chi connectivity index (χ2v) is 5.89. The second kappa shape index (κ2) is 5.29. The Hall–Kier alpha value is -1.06. The molecule has 1 aromatic rings. The fraction of sp³-hybridized carbons (Fsp3) is 0.600. The first-order valence-electron chi connectivity index (χ1n) is 6.71. The molecule has 1 aromatic carbocycles. The van der Waals surface area contributed by atoms with Crippen LogP contribution < -0.4 is 5.73 Å². The van der Waals surface area contributed by atoms with E-state index in [9.17, 15) is 0 Å². The van der Waals surface area contributed by atoms with Crippen molar-refractivity contribution in [3.05, 3.63) is 29.3 Å². The van der Waals surface area contributed by atoms with Gasteiger partial charge in [0.05, 0.1) is 0 Å². The van der Waals surface area contributed by atoms with Crippen molar-refractivity contribution in [2.24, 2.45) is 5.92 Å². The van der Waals surface area contributed by atoms with Gasteiger partial charge in [-0.1, -0.05) is 19.1 Å². The van der Waals surface area contributed by atoms with Gasteiger partial charge in [0.15, 0.2) is 0 Å². The van der Waals surface area contributed by atoms with E-state index in [1.165, 1.54) is 17.7 Å². The Balaban J connectivity index is 2.00. The summed E-state index contributed by atoms with van der Waals surface area (Å²) in [4.78, 5) is 4.89. The van der Waals surface area contributed by atoms with Crippen molar-refractivity contribution in [3.8, 4) is 0 Å². The van der Waals surface area contributed by atoms with Gasteiger partial charge >= 0.3 is 0 Å². The molecule has 0 aromatic heterocycles. The number of likely N-dealkylation sites (tertiary alicyclic amines) is 1. The number of hydrogen-bond donors (Lipinski definition) is 1. The van der Waals surface area contributed by atoms with Crippen LogP contribution >= 0.6 is 0 Å². The summed E-state index contributed by atoms with van der Waals surface area (Å²) in [5.41, 5.74) is 9.30. The maximum absolute atomic E-state index is 5.86. The molecule has 100 valence electrons. The van der Waals surface area contributed by atoms with Gasteiger partial charge in [-0.3, -0.25) is 4.90 Å². The minimum Gasteiger partial charge on any atom is -0.399 e. The van der Waals surface area contributed by atoms with Crippen LogP contribution in [-0.4, -0.2) is 43.0 Å². The minimum absolute atomic E-state index is 0.680. The molecule has 0 aliphatic carbocycles. The van der Waals surface area contributed by atoms with Crippen LogP contribution in [0.15, 0.2) is 18.2 Å². The molecule has 1 saturated heterocycles. The molecular formula is C15H25N3. The van der Waals surface area contributed by atoms with Crippen LogP contribution in [0, 0.1) is 12.8 Å². The molecule has 1 fully saturated rings. The Kier molecular flexibility index (Phi) is 3.93. The first kappa shape index (κ1) is 13.4. The molecule has 2 atom stereocenters. The largest absolute Gasteiger partial charge is 0.399 e. The maximum atomic E-state index is 5.86. The van der Waals surface area contributed by atoms with Gasteiger partial charge in [-0.2, -0.15) is 0 Å². The van der Waals surface area contributed by atoms with E-state index in [0.29, 0.717) is 6.04 Å². The monoisotopic (exact) mass is 247 g/mol. The zero-order valence-corrected chi connectivity index (χ0v) is 12.0. The number of anilines is 1. The summed E-state index contributed by atoms with van der Waals surface area (Å²) in [7, 11) is 4.36. The van der Waals surface area contributed by atoms with Crippen molar-refractivity contribution >= 4 is 5.69 Å². The summed E-state index contributed by atoms with van der Waals surface area (Å²) < 4.78 is 0. The van der Waals surface area contributed by atoms with Gasteiger partial charge in [0, 0.05) is 31.4 Å². The molecule has 18 heavy (non-hydrogen) atoms. The van der Waals surface area contributed by atoms with Crippen LogP contribution in [0.5, 0.6) is 0 Å². The molecule has 0 saturated carbocycles. The van der Waals surface area contributed by atoms with Gasteiger partial charge in [0.25, 0.3) is 0 Å². The van der Waals surface area contributed by atoms with Crippen molar-refractivity contribution in [3.63, 3.8) is 0 Å². The van der Waals surface area contributed by atoms with Crippen molar-refractivity contribution < 1.29 is 0 Å². The summed E-state index contributed by atoms with van der Waals surface area (Å²) in [6, 6.07) is 7.06. The summed E-state index contributed by atoms with van der Waals surface area (Å²) in [5, 5.41) is 0.